The van der Waals surface area contributed by atoms with Crippen LogP contribution in [-0.4, -0.2) is 53.5 Å². The number of fused-ring (bicyclic) bond motifs is 1. The van der Waals surface area contributed by atoms with Gasteiger partial charge in [0, 0.05) is 22.0 Å². The van der Waals surface area contributed by atoms with E-state index in [4.69, 9.17) is 16.3 Å². The fourth-order valence-electron chi connectivity index (χ4n) is 5.50. The monoisotopic (exact) mass is 612 g/mol. The zero-order valence-electron chi connectivity index (χ0n) is 22.7. The van der Waals surface area contributed by atoms with E-state index in [1.54, 1.807) is 18.2 Å². The summed E-state index contributed by atoms with van der Waals surface area (Å²) in [5.41, 5.74) is -0.201. The molecule has 1 aromatic heterocycles. The number of halogens is 5. The molecule has 5 nitrogen and oxygen atoms in total. The van der Waals surface area contributed by atoms with E-state index >= 15 is 4.39 Å². The zero-order valence-corrected chi connectivity index (χ0v) is 24.3. The van der Waals surface area contributed by atoms with Crippen LogP contribution in [0.1, 0.15) is 55.8 Å². The van der Waals surface area contributed by atoms with Crippen molar-refractivity contribution >= 4 is 40.2 Å². The molecule has 0 spiro atoms. The Balaban J connectivity index is 1.31. The largest absolute Gasteiger partial charge is 0.497 e. The molecule has 0 radical (unpaired) electrons. The first kappa shape index (κ1) is 31.4. The van der Waals surface area contributed by atoms with Gasteiger partial charge in [-0.05, 0) is 105 Å². The van der Waals surface area contributed by atoms with Crippen LogP contribution < -0.4 is 4.74 Å². The van der Waals surface area contributed by atoms with Crippen LogP contribution in [0.2, 0.25) is 5.02 Å². The fraction of sp³-hybridized carbons (Fsp3) is 0.467. The van der Waals surface area contributed by atoms with Gasteiger partial charge in [-0.3, -0.25) is 9.78 Å². The van der Waals surface area contributed by atoms with Gasteiger partial charge in [-0.15, -0.1) is 11.8 Å². The third-order valence-corrected chi connectivity index (χ3v) is 9.22. The lowest BCUT2D eigenvalue weighted by Crippen LogP contribution is -2.41. The Hall–Kier alpha value is -2.56. The summed E-state index contributed by atoms with van der Waals surface area (Å²) in [6, 6.07) is 10.4. The number of methoxy groups -OCH3 is 1. The Bertz CT molecular complexity index is 1330. The van der Waals surface area contributed by atoms with Gasteiger partial charge >= 0.3 is 12.1 Å². The van der Waals surface area contributed by atoms with E-state index in [2.05, 4.69) is 9.88 Å². The highest BCUT2D eigenvalue weighted by atomic mass is 35.5. The highest BCUT2D eigenvalue weighted by molar-refractivity contribution is 7.99. The summed E-state index contributed by atoms with van der Waals surface area (Å²) in [7, 11) is 1.53. The third-order valence-electron chi connectivity index (χ3n) is 7.82. The number of hydrogen-bond acceptors (Lipinski definition) is 5. The van der Waals surface area contributed by atoms with Gasteiger partial charge in [-0.1, -0.05) is 11.6 Å². The van der Waals surface area contributed by atoms with Crippen LogP contribution in [0.15, 0.2) is 53.6 Å². The number of rotatable bonds is 12. The Morgan fingerprint density at radius 1 is 1.20 bits per heavy atom. The van der Waals surface area contributed by atoms with Crippen molar-refractivity contribution in [1.82, 2.24) is 9.88 Å². The average molecular weight is 613 g/mol. The normalized spacial score (nSPS) is 16.5. The maximum absolute atomic E-state index is 15.8. The summed E-state index contributed by atoms with van der Waals surface area (Å²) in [5, 5.41) is 10.5. The molecule has 0 unspecified atom stereocenters. The molecule has 0 amide bonds. The summed E-state index contributed by atoms with van der Waals surface area (Å²) < 4.78 is 59.3. The van der Waals surface area contributed by atoms with Crippen molar-refractivity contribution in [3.8, 4) is 5.75 Å². The van der Waals surface area contributed by atoms with Crippen LogP contribution in [0, 0.1) is 5.41 Å². The molecule has 41 heavy (non-hydrogen) atoms. The fourth-order valence-corrected chi connectivity index (χ4v) is 6.60. The summed E-state index contributed by atoms with van der Waals surface area (Å²) in [6.07, 6.45) is -1.59. The van der Waals surface area contributed by atoms with E-state index in [1.807, 2.05) is 0 Å². The van der Waals surface area contributed by atoms with Crippen molar-refractivity contribution in [2.24, 2.45) is 5.41 Å². The van der Waals surface area contributed by atoms with E-state index in [9.17, 15) is 23.1 Å². The number of pyridine rings is 1. The number of benzene rings is 2. The standard InChI is InChI=1S/C30H33ClF4N2O3S/c1-40-21-5-8-26-23(17-21)28(24(31)19-36-26)25(32)9-10-29(18-27(38)39)11-14-37(15-12-29)13-2-16-41-22-6-3-20(4-7-22)30(33,34)35/h3-8,17,19,25H,2,9-16,18H2,1H3,(H,38,39)/t25-/m0/s1. The number of aliphatic carboxylic acids is 1. The lowest BCUT2D eigenvalue weighted by Gasteiger charge is -2.41. The number of carboxylic acid groups (broad SMARTS) is 1. The minimum Gasteiger partial charge on any atom is -0.497 e. The Labute approximate surface area is 246 Å². The predicted octanol–water partition coefficient (Wildman–Crippen LogP) is 8.45. The number of aromatic nitrogens is 1. The van der Waals surface area contributed by atoms with Gasteiger partial charge in [0.15, 0.2) is 0 Å². The highest BCUT2D eigenvalue weighted by Crippen LogP contribution is 2.44. The minimum atomic E-state index is -4.34. The highest BCUT2D eigenvalue weighted by Gasteiger charge is 2.37. The molecule has 11 heteroatoms. The quantitative estimate of drug-likeness (QED) is 0.126. The van der Waals surface area contributed by atoms with Crippen molar-refractivity contribution in [2.45, 2.75) is 55.8 Å². The van der Waals surface area contributed by atoms with E-state index in [1.165, 1.54) is 37.2 Å². The maximum Gasteiger partial charge on any atom is 0.416 e. The Kier molecular flexibility index (Phi) is 10.4. The second-order valence-electron chi connectivity index (χ2n) is 10.5. The smallest absolute Gasteiger partial charge is 0.416 e. The molecule has 1 aliphatic rings. The molecule has 1 atom stereocenters. The van der Waals surface area contributed by atoms with Crippen molar-refractivity contribution in [1.29, 1.82) is 0 Å². The third kappa shape index (κ3) is 8.26. The first-order chi connectivity index (χ1) is 19.5. The minimum absolute atomic E-state index is 0.0179. The first-order valence-electron chi connectivity index (χ1n) is 13.5. The SMILES string of the molecule is COc1ccc2ncc(Cl)c([C@@H](F)CCC3(CC(=O)O)CCN(CCCSc4ccc(C(F)(F)F)cc4)CC3)c2c1. The summed E-state index contributed by atoms with van der Waals surface area (Å²) in [4.78, 5) is 19.1. The first-order valence-corrected chi connectivity index (χ1v) is 14.9. The van der Waals surface area contributed by atoms with Gasteiger partial charge in [0.2, 0.25) is 0 Å². The number of carboxylic acids is 1. The van der Waals surface area contributed by atoms with Crippen molar-refractivity contribution < 1.29 is 32.2 Å². The molecule has 4 rings (SSSR count). The molecule has 1 aliphatic heterocycles. The van der Waals surface area contributed by atoms with Gasteiger partial charge < -0.3 is 14.7 Å². The number of ether oxygens (including phenoxy) is 1. The molecule has 0 bridgehead atoms. The Morgan fingerprint density at radius 3 is 2.54 bits per heavy atom. The topological polar surface area (TPSA) is 62.7 Å². The van der Waals surface area contributed by atoms with Crippen LogP contribution in [0.3, 0.4) is 0 Å². The molecule has 2 heterocycles. The van der Waals surface area contributed by atoms with Gasteiger partial charge in [0.1, 0.15) is 11.9 Å². The summed E-state index contributed by atoms with van der Waals surface area (Å²) >= 11 is 7.90. The van der Waals surface area contributed by atoms with Crippen LogP contribution in [0.25, 0.3) is 10.9 Å². The number of thioether (sulfide) groups is 1. The molecule has 0 aliphatic carbocycles. The van der Waals surface area contributed by atoms with Crippen LogP contribution in [0.4, 0.5) is 17.6 Å². The van der Waals surface area contributed by atoms with Gasteiger partial charge in [0.05, 0.1) is 29.6 Å². The molecule has 1 saturated heterocycles. The van der Waals surface area contributed by atoms with Crippen LogP contribution in [0.5, 0.6) is 5.75 Å². The zero-order chi connectivity index (χ0) is 29.6. The number of nitrogens with zero attached hydrogens (tertiary/aromatic N) is 2. The van der Waals surface area contributed by atoms with Crippen molar-refractivity contribution in [3.05, 3.63) is 64.8 Å². The number of alkyl halides is 4. The van der Waals surface area contributed by atoms with Crippen LogP contribution >= 0.6 is 23.4 Å². The van der Waals surface area contributed by atoms with Crippen molar-refractivity contribution in [2.75, 3.05) is 32.5 Å². The summed E-state index contributed by atoms with van der Waals surface area (Å²) in [6.45, 7) is 2.24. The lowest BCUT2D eigenvalue weighted by molar-refractivity contribution is -0.141. The second-order valence-corrected chi connectivity index (χ2v) is 12.1. The maximum atomic E-state index is 15.8. The van der Waals surface area contributed by atoms with Gasteiger partial charge in [-0.2, -0.15) is 13.2 Å². The van der Waals surface area contributed by atoms with E-state index in [0.717, 1.165) is 35.7 Å². The molecule has 1 N–H and O–H groups in total. The molecule has 2 aromatic carbocycles. The second kappa shape index (κ2) is 13.6. The van der Waals surface area contributed by atoms with Crippen LogP contribution in [-0.2, 0) is 11.0 Å². The van der Waals surface area contributed by atoms with Crippen molar-refractivity contribution in [3.63, 3.8) is 0 Å². The van der Waals surface area contributed by atoms with E-state index < -0.39 is 29.3 Å². The average Bonchev–Trinajstić information content (AvgIpc) is 2.94. The lowest BCUT2D eigenvalue weighted by atomic mass is 9.71. The number of carbonyl (C=O) groups is 1. The molecule has 1 fully saturated rings. The molecule has 222 valence electrons. The molecular formula is C30H33ClF4N2O3S. The van der Waals surface area contributed by atoms with E-state index in [0.29, 0.717) is 54.6 Å². The summed E-state index contributed by atoms with van der Waals surface area (Å²) in [5.74, 6) is 0.443. The number of likely N-dealkylation sites (tertiary alicyclic amines) is 1. The number of hydrogen-bond donors (Lipinski definition) is 1. The molecule has 0 saturated carbocycles. The molecular weight excluding hydrogens is 580 g/mol. The predicted molar refractivity (Wildman–Crippen MR) is 154 cm³/mol. The van der Waals surface area contributed by atoms with Gasteiger partial charge in [0.25, 0.3) is 0 Å². The molecule has 3 aromatic rings. The van der Waals surface area contributed by atoms with E-state index in [-0.39, 0.29) is 17.9 Å². The number of piperidine rings is 1. The van der Waals surface area contributed by atoms with Gasteiger partial charge in [-0.25, -0.2) is 4.39 Å². The Morgan fingerprint density at radius 2 is 1.90 bits per heavy atom.